The lowest BCUT2D eigenvalue weighted by Gasteiger charge is -2.10. The zero-order chi connectivity index (χ0) is 17.6. The van der Waals surface area contributed by atoms with Crippen LogP contribution in [0.2, 0.25) is 0 Å². The maximum absolute atomic E-state index is 11.7. The molecule has 1 aromatic rings. The molecule has 2 amide bonds. The Balaban J connectivity index is 1.53. The normalized spacial score (nSPS) is 16.5. The first kappa shape index (κ1) is 16.8. The van der Waals surface area contributed by atoms with Crippen LogP contribution in [0, 0.1) is 0 Å². The molecule has 8 heteroatoms. The van der Waals surface area contributed by atoms with E-state index in [2.05, 4.69) is 4.74 Å². The molecule has 1 aromatic carbocycles. The van der Waals surface area contributed by atoms with Crippen LogP contribution in [0.5, 0.6) is 11.5 Å². The highest BCUT2D eigenvalue weighted by molar-refractivity contribution is 5.95. The number of imide groups is 1. The van der Waals surface area contributed by atoms with E-state index in [1.54, 1.807) is 24.3 Å². The lowest BCUT2D eigenvalue weighted by Crippen LogP contribution is -2.35. The Hall–Kier alpha value is -3.03. The van der Waals surface area contributed by atoms with Gasteiger partial charge in [-0.25, -0.2) is 14.5 Å². The predicted molar refractivity (Wildman–Crippen MR) is 85.1 cm³/mol. The number of esters is 1. The molecule has 2 aliphatic rings. The molecule has 0 atom stereocenters. The average molecular weight is 347 g/mol. The van der Waals surface area contributed by atoms with Gasteiger partial charge in [0, 0.05) is 12.5 Å². The summed E-state index contributed by atoms with van der Waals surface area (Å²) in [7, 11) is 0. The molecule has 132 valence electrons. The Morgan fingerprint density at radius 3 is 2.68 bits per heavy atom. The summed E-state index contributed by atoms with van der Waals surface area (Å²) in [4.78, 5) is 35.6. The fourth-order valence-electron chi connectivity index (χ4n) is 2.33. The molecule has 0 spiro atoms. The van der Waals surface area contributed by atoms with Gasteiger partial charge in [-0.05, 0) is 23.8 Å². The first-order valence-corrected chi connectivity index (χ1v) is 7.85. The van der Waals surface area contributed by atoms with Crippen LogP contribution >= 0.6 is 0 Å². The minimum absolute atomic E-state index is 0.155. The van der Waals surface area contributed by atoms with Crippen LogP contribution in [-0.4, -0.2) is 55.8 Å². The van der Waals surface area contributed by atoms with E-state index >= 15 is 0 Å². The Labute approximate surface area is 143 Å². The first-order valence-electron chi connectivity index (χ1n) is 7.85. The van der Waals surface area contributed by atoms with Crippen molar-refractivity contribution in [1.82, 2.24) is 4.90 Å². The van der Waals surface area contributed by atoms with Gasteiger partial charge in [-0.2, -0.15) is 0 Å². The molecule has 0 saturated carbocycles. The number of nitrogens with zero attached hydrogens (tertiary/aromatic N) is 1. The number of rotatable bonds is 4. The van der Waals surface area contributed by atoms with Crippen molar-refractivity contribution in [2.24, 2.45) is 0 Å². The monoisotopic (exact) mass is 347 g/mol. The molecule has 8 nitrogen and oxygen atoms in total. The summed E-state index contributed by atoms with van der Waals surface area (Å²) in [5.41, 5.74) is 0.732. The molecule has 0 aromatic heterocycles. The van der Waals surface area contributed by atoms with Crippen LogP contribution in [0.15, 0.2) is 24.3 Å². The second-order valence-electron chi connectivity index (χ2n) is 5.36. The smallest absolute Gasteiger partial charge is 0.416 e. The maximum Gasteiger partial charge on any atom is 0.416 e. The third-order valence-electron chi connectivity index (χ3n) is 3.58. The van der Waals surface area contributed by atoms with Crippen molar-refractivity contribution in [3.8, 4) is 11.5 Å². The molecule has 25 heavy (non-hydrogen) atoms. The lowest BCUT2D eigenvalue weighted by atomic mass is 10.2. The van der Waals surface area contributed by atoms with E-state index < -0.39 is 24.6 Å². The predicted octanol–water partition coefficient (Wildman–Crippen LogP) is 1.38. The molecule has 0 unspecified atom stereocenters. The highest BCUT2D eigenvalue weighted by Gasteiger charge is 2.28. The van der Waals surface area contributed by atoms with Gasteiger partial charge in [0.2, 0.25) is 0 Å². The van der Waals surface area contributed by atoms with Gasteiger partial charge in [0.05, 0.1) is 19.8 Å². The second-order valence-corrected chi connectivity index (χ2v) is 5.36. The zero-order valence-corrected chi connectivity index (χ0v) is 13.4. The molecule has 1 fully saturated rings. The van der Waals surface area contributed by atoms with E-state index in [0.29, 0.717) is 24.7 Å². The first-order chi connectivity index (χ1) is 12.1. The van der Waals surface area contributed by atoms with Crippen LogP contribution in [0.3, 0.4) is 0 Å². The molecule has 0 radical (unpaired) electrons. The summed E-state index contributed by atoms with van der Waals surface area (Å²) in [5.74, 6) is -0.0103. The molecule has 2 aliphatic heterocycles. The van der Waals surface area contributed by atoms with Crippen molar-refractivity contribution in [3.63, 3.8) is 0 Å². The number of ether oxygens (including phenoxy) is 4. The Bertz CT molecular complexity index is 713. The number of carbonyl (C=O) groups excluding carboxylic acids is 3. The summed E-state index contributed by atoms with van der Waals surface area (Å²) in [5, 5.41) is 0. The number of amides is 2. The lowest BCUT2D eigenvalue weighted by molar-refractivity contribution is -0.146. The minimum atomic E-state index is -0.719. The van der Waals surface area contributed by atoms with E-state index in [1.807, 2.05) is 0 Å². The third-order valence-corrected chi connectivity index (χ3v) is 3.58. The van der Waals surface area contributed by atoms with Crippen molar-refractivity contribution < 1.29 is 33.3 Å². The highest BCUT2D eigenvalue weighted by Crippen LogP contribution is 2.30. The van der Waals surface area contributed by atoms with Crippen molar-refractivity contribution in [2.45, 2.75) is 6.42 Å². The van der Waals surface area contributed by atoms with Crippen molar-refractivity contribution in [3.05, 3.63) is 29.8 Å². The third kappa shape index (κ3) is 4.28. The molecule has 3 rings (SSSR count). The fraction of sp³-hybridized carbons (Fsp3) is 0.353. The van der Waals surface area contributed by atoms with E-state index in [4.69, 9.17) is 14.2 Å². The Morgan fingerprint density at radius 1 is 1.12 bits per heavy atom. The number of benzene rings is 1. The molecule has 0 aliphatic carbocycles. The topological polar surface area (TPSA) is 91.4 Å². The van der Waals surface area contributed by atoms with Gasteiger partial charge in [0.15, 0.2) is 18.1 Å². The standard InChI is InChI=1S/C17H17NO7/c19-15(18-6-9-24-17(18)21)11-25-16(20)5-3-12-2-4-13-14(10-12)23-8-1-7-22-13/h2-5,10H,1,6-9,11H2/b5-3+. The minimum Gasteiger partial charge on any atom is -0.490 e. The highest BCUT2D eigenvalue weighted by atomic mass is 16.6. The number of carbonyl (C=O) groups is 3. The number of cyclic esters (lactones) is 1. The number of fused-ring (bicyclic) bond motifs is 1. The largest absolute Gasteiger partial charge is 0.490 e. The van der Waals surface area contributed by atoms with Crippen LogP contribution in [0.25, 0.3) is 6.08 Å². The van der Waals surface area contributed by atoms with Crippen LogP contribution in [0.4, 0.5) is 4.79 Å². The molecular formula is C17H17NO7. The van der Waals surface area contributed by atoms with E-state index in [-0.39, 0.29) is 13.2 Å². The van der Waals surface area contributed by atoms with Gasteiger partial charge in [-0.15, -0.1) is 0 Å². The van der Waals surface area contributed by atoms with Gasteiger partial charge in [-0.3, -0.25) is 4.79 Å². The summed E-state index contributed by atoms with van der Waals surface area (Å²) in [6.07, 6.45) is 2.84. The van der Waals surface area contributed by atoms with Gasteiger partial charge < -0.3 is 18.9 Å². The number of hydrogen-bond acceptors (Lipinski definition) is 7. The Kier molecular flexibility index (Phi) is 5.17. The van der Waals surface area contributed by atoms with Gasteiger partial charge in [-0.1, -0.05) is 6.07 Å². The molecule has 1 saturated heterocycles. The summed E-state index contributed by atoms with van der Waals surface area (Å²) >= 11 is 0. The van der Waals surface area contributed by atoms with Gasteiger partial charge in [0.25, 0.3) is 5.91 Å². The summed E-state index contributed by atoms with van der Waals surface area (Å²) < 4.78 is 20.6. The quantitative estimate of drug-likeness (QED) is 0.600. The zero-order valence-electron chi connectivity index (χ0n) is 13.4. The van der Waals surface area contributed by atoms with E-state index in [9.17, 15) is 14.4 Å². The number of hydrogen-bond donors (Lipinski definition) is 0. The maximum atomic E-state index is 11.7. The molecule has 0 bridgehead atoms. The summed E-state index contributed by atoms with van der Waals surface area (Å²) in [6, 6.07) is 5.31. The fourth-order valence-corrected chi connectivity index (χ4v) is 2.33. The van der Waals surface area contributed by atoms with Gasteiger partial charge >= 0.3 is 12.1 Å². The van der Waals surface area contributed by atoms with Crippen molar-refractivity contribution >= 4 is 24.0 Å². The van der Waals surface area contributed by atoms with Crippen molar-refractivity contribution in [2.75, 3.05) is 33.0 Å². The summed E-state index contributed by atoms with van der Waals surface area (Å²) in [6.45, 7) is 0.987. The second kappa shape index (κ2) is 7.69. The van der Waals surface area contributed by atoms with Gasteiger partial charge in [0.1, 0.15) is 6.61 Å². The van der Waals surface area contributed by atoms with Crippen LogP contribution in [-0.2, 0) is 19.1 Å². The average Bonchev–Trinajstić information content (AvgIpc) is 2.91. The SMILES string of the molecule is O=C(/C=C/c1ccc2c(c1)OCCCO2)OCC(=O)N1CCOC1=O. The van der Waals surface area contributed by atoms with E-state index in [0.717, 1.165) is 16.9 Å². The van der Waals surface area contributed by atoms with Crippen LogP contribution < -0.4 is 9.47 Å². The van der Waals surface area contributed by atoms with Crippen LogP contribution in [0.1, 0.15) is 12.0 Å². The molecular weight excluding hydrogens is 330 g/mol. The van der Waals surface area contributed by atoms with Crippen molar-refractivity contribution in [1.29, 1.82) is 0 Å². The molecule has 2 heterocycles. The Morgan fingerprint density at radius 2 is 1.92 bits per heavy atom. The van der Waals surface area contributed by atoms with E-state index in [1.165, 1.54) is 6.08 Å². The molecule has 0 N–H and O–H groups in total.